The van der Waals surface area contributed by atoms with Crippen molar-refractivity contribution in [2.75, 3.05) is 11.9 Å². The molecule has 3 aromatic carbocycles. The van der Waals surface area contributed by atoms with Gasteiger partial charge in [0.1, 0.15) is 0 Å². The van der Waals surface area contributed by atoms with Crippen molar-refractivity contribution in [2.24, 2.45) is 0 Å². The van der Waals surface area contributed by atoms with Crippen LogP contribution in [-0.2, 0) is 27.6 Å². The van der Waals surface area contributed by atoms with Crippen molar-refractivity contribution in [3.05, 3.63) is 101 Å². The topological polar surface area (TPSA) is 69.6 Å². The molecule has 3 aromatic rings. The van der Waals surface area contributed by atoms with Crippen LogP contribution in [0.15, 0.2) is 78.9 Å². The predicted molar refractivity (Wildman–Crippen MR) is 128 cm³/mol. The lowest BCUT2D eigenvalue weighted by Gasteiger charge is -2.20. The maximum absolute atomic E-state index is 12.8. The quantitative estimate of drug-likeness (QED) is 0.565. The van der Waals surface area contributed by atoms with Gasteiger partial charge in [0.25, 0.3) is 0 Å². The van der Waals surface area contributed by atoms with Gasteiger partial charge in [0, 0.05) is 30.3 Å². The van der Waals surface area contributed by atoms with Crippen LogP contribution in [-0.4, -0.2) is 28.4 Å². The van der Waals surface area contributed by atoms with E-state index in [9.17, 15) is 14.7 Å². The summed E-state index contributed by atoms with van der Waals surface area (Å²) in [7, 11) is 0. The summed E-state index contributed by atoms with van der Waals surface area (Å²) in [6.45, 7) is 0.647. The molecule has 1 unspecified atom stereocenters. The number of benzene rings is 3. The van der Waals surface area contributed by atoms with Gasteiger partial charge in [-0.15, -0.1) is 0 Å². The fourth-order valence-electron chi connectivity index (χ4n) is 3.82. The molecule has 0 aliphatic carbocycles. The second kappa shape index (κ2) is 10.5. The molecule has 4 rings (SSSR count). The zero-order valence-electron chi connectivity index (χ0n) is 17.7. The lowest BCUT2D eigenvalue weighted by Crippen LogP contribution is -2.39. The first-order chi connectivity index (χ1) is 15.6. The number of hydrogen-bond acceptors (Lipinski definition) is 4. The number of amides is 2. The first-order valence-electron chi connectivity index (χ1n) is 10.7. The minimum atomic E-state index is -0.659. The highest BCUT2D eigenvalue weighted by atomic mass is 32.2. The maximum atomic E-state index is 12.8. The van der Waals surface area contributed by atoms with Crippen LogP contribution in [0.2, 0.25) is 0 Å². The number of hydrogen-bond donors (Lipinski definition) is 2. The minimum absolute atomic E-state index is 0.315. The van der Waals surface area contributed by atoms with E-state index in [1.165, 1.54) is 10.5 Å². The minimum Gasteiger partial charge on any atom is -0.388 e. The zero-order chi connectivity index (χ0) is 22.3. The average molecular weight is 447 g/mol. The lowest BCUT2D eigenvalue weighted by molar-refractivity contribution is -0.143. The summed E-state index contributed by atoms with van der Waals surface area (Å²) >= 11 is 1.80. The number of carbonyl (C=O) groups is 2. The number of nitrogens with one attached hydrogen (secondary N) is 1. The Kier molecular flexibility index (Phi) is 7.24. The molecule has 0 bridgehead atoms. The van der Waals surface area contributed by atoms with Gasteiger partial charge in [0.15, 0.2) is 0 Å². The summed E-state index contributed by atoms with van der Waals surface area (Å²) in [6, 6.07) is 25.4. The number of fused-ring (bicyclic) bond motifs is 1. The van der Waals surface area contributed by atoms with Crippen LogP contribution >= 0.6 is 11.8 Å². The molecular formula is C26H26N2O3S. The fourth-order valence-corrected chi connectivity index (χ4v) is 4.77. The van der Waals surface area contributed by atoms with Gasteiger partial charge in [0.05, 0.1) is 6.10 Å². The molecule has 1 aliphatic heterocycles. The van der Waals surface area contributed by atoms with Crippen LogP contribution in [0.25, 0.3) is 0 Å². The van der Waals surface area contributed by atoms with E-state index in [2.05, 4.69) is 17.4 Å². The Morgan fingerprint density at radius 2 is 1.66 bits per heavy atom. The van der Waals surface area contributed by atoms with Gasteiger partial charge in [-0.3, -0.25) is 9.59 Å². The zero-order valence-corrected chi connectivity index (χ0v) is 18.6. The second-order valence-corrected chi connectivity index (χ2v) is 8.85. The molecule has 5 nitrogen and oxygen atoms in total. The van der Waals surface area contributed by atoms with E-state index in [0.29, 0.717) is 25.2 Å². The van der Waals surface area contributed by atoms with Gasteiger partial charge in [-0.25, -0.2) is 0 Å². The third kappa shape index (κ3) is 5.58. The Labute approximate surface area is 192 Å². The molecule has 1 aliphatic rings. The fraction of sp³-hybridized carbons (Fsp3) is 0.231. The van der Waals surface area contributed by atoms with E-state index in [1.807, 2.05) is 60.7 Å². The Morgan fingerprint density at radius 1 is 0.938 bits per heavy atom. The van der Waals surface area contributed by atoms with Crippen molar-refractivity contribution in [3.63, 3.8) is 0 Å². The monoisotopic (exact) mass is 446 g/mol. The van der Waals surface area contributed by atoms with Crippen molar-refractivity contribution < 1.29 is 14.7 Å². The number of carbonyl (C=O) groups excluding carboxylic acids is 2. The molecule has 0 saturated carbocycles. The van der Waals surface area contributed by atoms with Crippen molar-refractivity contribution in [3.8, 4) is 0 Å². The smallest absolute Gasteiger partial charge is 0.313 e. The van der Waals surface area contributed by atoms with Crippen molar-refractivity contribution >= 4 is 29.3 Å². The largest absolute Gasteiger partial charge is 0.388 e. The highest BCUT2D eigenvalue weighted by molar-refractivity contribution is 7.97. The molecule has 2 amide bonds. The van der Waals surface area contributed by atoms with Crippen molar-refractivity contribution in [2.45, 2.75) is 30.6 Å². The van der Waals surface area contributed by atoms with E-state index < -0.39 is 17.9 Å². The molecule has 0 spiro atoms. The molecular weight excluding hydrogens is 420 g/mol. The Bertz CT molecular complexity index is 1090. The highest BCUT2D eigenvalue weighted by Crippen LogP contribution is 2.26. The standard InChI is InChI=1S/C26H26N2O3S/c29-24-13-14-28(16-21-10-4-5-12-23(21)24)26(31)25(30)27-22-11-6-9-20(15-22)18-32-17-19-7-2-1-3-8-19/h1-12,15,24,29H,13-14,16-18H2,(H,27,30). The van der Waals surface area contributed by atoms with Crippen LogP contribution in [0.5, 0.6) is 0 Å². The first kappa shape index (κ1) is 22.1. The summed E-state index contributed by atoms with van der Waals surface area (Å²) in [5.41, 5.74) is 4.66. The second-order valence-electron chi connectivity index (χ2n) is 7.86. The summed E-state index contributed by atoms with van der Waals surface area (Å²) in [6.07, 6.45) is -0.221. The third-order valence-electron chi connectivity index (χ3n) is 5.49. The van der Waals surface area contributed by atoms with Crippen LogP contribution in [0.3, 0.4) is 0 Å². The normalized spacial score (nSPS) is 15.5. The van der Waals surface area contributed by atoms with Crippen LogP contribution in [0, 0.1) is 0 Å². The molecule has 32 heavy (non-hydrogen) atoms. The van der Waals surface area contributed by atoms with Crippen LogP contribution in [0.1, 0.15) is 34.8 Å². The summed E-state index contributed by atoms with van der Waals surface area (Å²) in [5.74, 6) is 0.483. The lowest BCUT2D eigenvalue weighted by atomic mass is 10.0. The van der Waals surface area contributed by atoms with Gasteiger partial charge < -0.3 is 15.3 Å². The highest BCUT2D eigenvalue weighted by Gasteiger charge is 2.27. The van der Waals surface area contributed by atoms with Gasteiger partial charge in [-0.1, -0.05) is 66.7 Å². The summed E-state index contributed by atoms with van der Waals surface area (Å²) in [5, 5.41) is 13.1. The predicted octanol–water partition coefficient (Wildman–Crippen LogP) is 4.52. The van der Waals surface area contributed by atoms with Gasteiger partial charge in [0.2, 0.25) is 0 Å². The van der Waals surface area contributed by atoms with Crippen LogP contribution < -0.4 is 5.32 Å². The Morgan fingerprint density at radius 3 is 2.50 bits per heavy atom. The van der Waals surface area contributed by atoms with Gasteiger partial charge in [-0.05, 0) is 40.8 Å². The number of thioether (sulfide) groups is 1. The molecule has 164 valence electrons. The number of anilines is 1. The number of aliphatic hydroxyl groups is 1. The Balaban J connectivity index is 1.35. The van der Waals surface area contributed by atoms with Crippen LogP contribution in [0.4, 0.5) is 5.69 Å². The number of rotatable bonds is 5. The molecule has 1 heterocycles. The molecule has 0 fully saturated rings. The van der Waals surface area contributed by atoms with E-state index in [4.69, 9.17) is 0 Å². The third-order valence-corrected chi connectivity index (χ3v) is 6.57. The molecule has 1 atom stereocenters. The molecule has 0 radical (unpaired) electrons. The molecule has 0 saturated heterocycles. The van der Waals surface area contributed by atoms with Crippen molar-refractivity contribution in [1.82, 2.24) is 4.90 Å². The Hall–Kier alpha value is -3.09. The van der Waals surface area contributed by atoms with E-state index >= 15 is 0 Å². The summed E-state index contributed by atoms with van der Waals surface area (Å²) in [4.78, 5) is 27.0. The van der Waals surface area contributed by atoms with Crippen molar-refractivity contribution in [1.29, 1.82) is 0 Å². The van der Waals surface area contributed by atoms with E-state index in [1.54, 1.807) is 17.8 Å². The average Bonchev–Trinajstić information content (AvgIpc) is 2.98. The SMILES string of the molecule is O=C(Nc1cccc(CSCc2ccccc2)c1)C(=O)N1CCC(O)c2ccccc2C1. The maximum Gasteiger partial charge on any atom is 0.313 e. The van der Waals surface area contributed by atoms with Gasteiger partial charge in [-0.2, -0.15) is 11.8 Å². The van der Waals surface area contributed by atoms with E-state index in [-0.39, 0.29) is 0 Å². The number of nitrogens with zero attached hydrogens (tertiary/aromatic N) is 1. The summed E-state index contributed by atoms with van der Waals surface area (Å²) < 4.78 is 0. The molecule has 0 aromatic heterocycles. The first-order valence-corrected chi connectivity index (χ1v) is 11.8. The number of aliphatic hydroxyl groups excluding tert-OH is 1. The molecule has 2 N–H and O–H groups in total. The van der Waals surface area contributed by atoms with E-state index in [0.717, 1.165) is 28.2 Å². The van der Waals surface area contributed by atoms with Gasteiger partial charge >= 0.3 is 11.8 Å². The molecule has 6 heteroatoms.